The van der Waals surface area contributed by atoms with Crippen molar-refractivity contribution in [1.82, 2.24) is 4.90 Å². The van der Waals surface area contributed by atoms with Gasteiger partial charge in [-0.05, 0) is 19.4 Å². The quantitative estimate of drug-likeness (QED) is 0.587. The Morgan fingerprint density at radius 3 is 2.72 bits per heavy atom. The second kappa shape index (κ2) is 7.09. The third-order valence-electron chi connectivity index (χ3n) is 3.62. The van der Waals surface area contributed by atoms with E-state index in [0.29, 0.717) is 12.3 Å². The van der Waals surface area contributed by atoms with E-state index in [0.717, 1.165) is 38.2 Å². The summed E-state index contributed by atoms with van der Waals surface area (Å²) in [5.41, 5.74) is 0.884. The Bertz CT molecular complexity index is 379. The first kappa shape index (κ1) is 15.4. The van der Waals surface area contributed by atoms with Gasteiger partial charge in [0.25, 0.3) is 0 Å². The molecule has 1 aliphatic rings. The van der Waals surface area contributed by atoms with Gasteiger partial charge in [-0.15, -0.1) is 0 Å². The van der Waals surface area contributed by atoms with Crippen LogP contribution in [0.1, 0.15) is 33.1 Å². The second-order valence-electron chi connectivity index (χ2n) is 4.84. The first-order valence-corrected chi connectivity index (χ1v) is 8.48. The summed E-state index contributed by atoms with van der Waals surface area (Å²) in [5, 5.41) is 12.2. The zero-order valence-corrected chi connectivity index (χ0v) is 12.1. The van der Waals surface area contributed by atoms with Crippen molar-refractivity contribution >= 4 is 15.5 Å². The van der Waals surface area contributed by atoms with E-state index in [1.807, 2.05) is 0 Å². The number of hydrogen-bond acceptors (Lipinski definition) is 5. The molecule has 1 unspecified atom stereocenters. The number of likely N-dealkylation sites (tertiary alicyclic amines) is 1. The molecular weight excluding hydrogens is 252 g/mol. The average molecular weight is 276 g/mol. The Kier molecular flexibility index (Phi) is 6.08. The third kappa shape index (κ3) is 4.57. The zero-order chi connectivity index (χ0) is 13.6. The second-order valence-corrected chi connectivity index (χ2v) is 7.31. The normalized spacial score (nSPS) is 24.6. The van der Waals surface area contributed by atoms with Gasteiger partial charge in [0.2, 0.25) is 0 Å². The number of hydrogen-bond donors (Lipinski definition) is 1. The predicted molar refractivity (Wildman–Crippen MR) is 73.0 cm³/mol. The lowest BCUT2D eigenvalue weighted by Crippen LogP contribution is -2.41. The van der Waals surface area contributed by atoms with Gasteiger partial charge in [-0.3, -0.25) is 0 Å². The molecule has 0 aromatic carbocycles. The van der Waals surface area contributed by atoms with Gasteiger partial charge < -0.3 is 10.1 Å². The topological polar surface area (TPSA) is 70.0 Å². The molecule has 106 valence electrons. The Hall–Kier alpha value is -0.620. The molecule has 1 heterocycles. The van der Waals surface area contributed by atoms with Crippen LogP contribution in [0.2, 0.25) is 0 Å². The van der Waals surface area contributed by atoms with Crippen LogP contribution in [0.15, 0.2) is 5.16 Å². The molecule has 1 aliphatic heterocycles. The van der Waals surface area contributed by atoms with Gasteiger partial charge in [-0.25, -0.2) is 8.42 Å². The molecule has 1 rings (SSSR count). The van der Waals surface area contributed by atoms with Gasteiger partial charge in [0, 0.05) is 31.2 Å². The van der Waals surface area contributed by atoms with Crippen molar-refractivity contribution in [3.8, 4) is 0 Å². The number of rotatable bonds is 6. The molecule has 1 atom stereocenters. The molecule has 0 aromatic rings. The number of oxime groups is 1. The van der Waals surface area contributed by atoms with Gasteiger partial charge in [0.15, 0.2) is 0 Å². The molecule has 0 aromatic heterocycles. The molecule has 0 saturated carbocycles. The summed E-state index contributed by atoms with van der Waals surface area (Å²) in [4.78, 5) is 2.27. The van der Waals surface area contributed by atoms with Gasteiger partial charge >= 0.3 is 0 Å². The maximum Gasteiger partial charge on any atom is 0.150 e. The van der Waals surface area contributed by atoms with Crippen molar-refractivity contribution < 1.29 is 13.6 Å². The zero-order valence-electron chi connectivity index (χ0n) is 11.3. The van der Waals surface area contributed by atoms with E-state index in [9.17, 15) is 8.42 Å². The highest BCUT2D eigenvalue weighted by Gasteiger charge is 2.24. The van der Waals surface area contributed by atoms with Gasteiger partial charge in [0.1, 0.15) is 9.84 Å². The maximum absolute atomic E-state index is 11.4. The van der Waals surface area contributed by atoms with E-state index in [1.165, 1.54) is 0 Å². The summed E-state index contributed by atoms with van der Waals surface area (Å²) in [7, 11) is -2.85. The lowest BCUT2D eigenvalue weighted by molar-refractivity contribution is 0.228. The molecule has 0 spiro atoms. The van der Waals surface area contributed by atoms with Crippen LogP contribution < -0.4 is 0 Å². The Balaban J connectivity index is 2.37. The number of sulfone groups is 1. The summed E-state index contributed by atoms with van der Waals surface area (Å²) < 4.78 is 22.8. The average Bonchev–Trinajstić information content (AvgIpc) is 2.38. The van der Waals surface area contributed by atoms with Crippen molar-refractivity contribution in [3.63, 3.8) is 0 Å². The summed E-state index contributed by atoms with van der Waals surface area (Å²) >= 11 is 0. The molecule has 6 heteroatoms. The molecule has 0 aliphatic carbocycles. The Morgan fingerprint density at radius 2 is 2.17 bits per heavy atom. The summed E-state index contributed by atoms with van der Waals surface area (Å²) in [6, 6.07) is 0. The van der Waals surface area contributed by atoms with Crippen LogP contribution in [0.4, 0.5) is 0 Å². The number of nitrogens with zero attached hydrogens (tertiary/aromatic N) is 2. The van der Waals surface area contributed by atoms with Crippen molar-refractivity contribution in [2.24, 2.45) is 11.1 Å². The van der Waals surface area contributed by atoms with E-state index in [-0.39, 0.29) is 11.5 Å². The molecule has 1 fully saturated rings. The molecule has 1 saturated heterocycles. The van der Waals surface area contributed by atoms with E-state index in [1.54, 1.807) is 6.92 Å². The van der Waals surface area contributed by atoms with Crippen molar-refractivity contribution in [2.45, 2.75) is 33.1 Å². The standard InChI is InChI=1S/C12H24N2O3S/c1-3-11-10-14(8-6-12(11)13-15)7-5-9-18(16,17)4-2/h11,15H,3-10H2,1-2H3. The first-order chi connectivity index (χ1) is 8.52. The van der Waals surface area contributed by atoms with Crippen LogP contribution in [-0.2, 0) is 9.84 Å². The molecule has 0 amide bonds. The number of piperidine rings is 1. The summed E-state index contributed by atoms with van der Waals surface area (Å²) in [5.74, 6) is 0.815. The van der Waals surface area contributed by atoms with E-state index in [4.69, 9.17) is 5.21 Å². The smallest absolute Gasteiger partial charge is 0.150 e. The highest BCUT2D eigenvalue weighted by atomic mass is 32.2. The summed E-state index contributed by atoms with van der Waals surface area (Å²) in [6.45, 7) is 6.33. The molecule has 1 N–H and O–H groups in total. The Labute approximate surface area is 110 Å². The molecule has 5 nitrogen and oxygen atoms in total. The lowest BCUT2D eigenvalue weighted by atomic mass is 9.93. The molecule has 18 heavy (non-hydrogen) atoms. The monoisotopic (exact) mass is 276 g/mol. The summed E-state index contributed by atoms with van der Waals surface area (Å²) in [6.07, 6.45) is 2.44. The van der Waals surface area contributed by atoms with Crippen LogP contribution in [0, 0.1) is 5.92 Å². The fourth-order valence-electron chi connectivity index (χ4n) is 2.34. The van der Waals surface area contributed by atoms with Crippen molar-refractivity contribution in [2.75, 3.05) is 31.1 Å². The fraction of sp³-hybridized carbons (Fsp3) is 0.917. The fourth-order valence-corrected chi connectivity index (χ4v) is 3.19. The van der Waals surface area contributed by atoms with E-state index >= 15 is 0 Å². The van der Waals surface area contributed by atoms with E-state index < -0.39 is 9.84 Å². The van der Waals surface area contributed by atoms with Crippen LogP contribution >= 0.6 is 0 Å². The predicted octanol–water partition coefficient (Wildman–Crippen LogP) is 1.37. The molecule has 0 radical (unpaired) electrons. The van der Waals surface area contributed by atoms with E-state index in [2.05, 4.69) is 17.0 Å². The van der Waals surface area contributed by atoms with Crippen LogP contribution in [0.3, 0.4) is 0 Å². The Morgan fingerprint density at radius 1 is 1.44 bits per heavy atom. The third-order valence-corrected chi connectivity index (χ3v) is 5.42. The minimum atomic E-state index is -2.85. The molecular formula is C12H24N2O3S. The van der Waals surface area contributed by atoms with Gasteiger partial charge in [-0.2, -0.15) is 0 Å². The van der Waals surface area contributed by atoms with Gasteiger partial charge in [0.05, 0.1) is 11.5 Å². The highest BCUT2D eigenvalue weighted by molar-refractivity contribution is 7.91. The largest absolute Gasteiger partial charge is 0.411 e. The van der Waals surface area contributed by atoms with Crippen LogP contribution in [-0.4, -0.2) is 55.4 Å². The SMILES string of the molecule is CCC1CN(CCCS(=O)(=O)CC)CCC1=NO. The minimum absolute atomic E-state index is 0.228. The lowest BCUT2D eigenvalue weighted by Gasteiger charge is -2.32. The molecule has 0 bridgehead atoms. The van der Waals surface area contributed by atoms with Crippen LogP contribution in [0.5, 0.6) is 0 Å². The van der Waals surface area contributed by atoms with Crippen molar-refractivity contribution in [3.05, 3.63) is 0 Å². The first-order valence-electron chi connectivity index (χ1n) is 6.66. The highest BCUT2D eigenvalue weighted by Crippen LogP contribution is 2.17. The minimum Gasteiger partial charge on any atom is -0.411 e. The maximum atomic E-state index is 11.4. The van der Waals surface area contributed by atoms with Gasteiger partial charge in [-0.1, -0.05) is 19.0 Å². The van der Waals surface area contributed by atoms with Crippen molar-refractivity contribution in [1.29, 1.82) is 0 Å². The van der Waals surface area contributed by atoms with Crippen LogP contribution in [0.25, 0.3) is 0 Å².